The molecule has 0 spiro atoms. The van der Waals surface area contributed by atoms with Crippen LogP contribution in [0.25, 0.3) is 0 Å². The largest absolute Gasteiger partial charge is 0.344 e. The summed E-state index contributed by atoms with van der Waals surface area (Å²) >= 11 is 0. The van der Waals surface area contributed by atoms with Gasteiger partial charge in [0.2, 0.25) is 17.7 Å². The summed E-state index contributed by atoms with van der Waals surface area (Å²) in [5.41, 5.74) is 0. The Hall–Kier alpha value is -1.59. The lowest BCUT2D eigenvalue weighted by atomic mass is 9.86. The molecule has 3 rings (SSSR count). The fraction of sp³-hybridized carbons (Fsp3) is 0.833. The molecular weight excluding hydrogens is 306 g/mol. The molecule has 6 nitrogen and oxygen atoms in total. The van der Waals surface area contributed by atoms with Crippen LogP contribution in [0.5, 0.6) is 0 Å². The van der Waals surface area contributed by atoms with Crippen molar-refractivity contribution in [2.45, 2.75) is 63.8 Å². The van der Waals surface area contributed by atoms with Crippen LogP contribution in [0.1, 0.15) is 57.8 Å². The van der Waals surface area contributed by atoms with Gasteiger partial charge in [-0.15, -0.1) is 0 Å². The van der Waals surface area contributed by atoms with Gasteiger partial charge in [-0.05, 0) is 18.8 Å². The van der Waals surface area contributed by atoms with Crippen LogP contribution in [-0.2, 0) is 14.4 Å². The molecule has 0 bridgehead atoms. The summed E-state index contributed by atoms with van der Waals surface area (Å²) in [5.74, 6) is 0.943. The molecule has 0 aromatic heterocycles. The lowest BCUT2D eigenvalue weighted by molar-refractivity contribution is -0.141. The van der Waals surface area contributed by atoms with Gasteiger partial charge in [0, 0.05) is 39.0 Å². The van der Waals surface area contributed by atoms with Crippen LogP contribution < -0.4 is 5.32 Å². The summed E-state index contributed by atoms with van der Waals surface area (Å²) < 4.78 is 0. The molecule has 2 aliphatic heterocycles. The van der Waals surface area contributed by atoms with E-state index in [0.717, 1.165) is 12.3 Å². The van der Waals surface area contributed by atoms with Crippen molar-refractivity contribution in [3.63, 3.8) is 0 Å². The van der Waals surface area contributed by atoms with Crippen molar-refractivity contribution in [1.29, 1.82) is 0 Å². The molecule has 2 heterocycles. The van der Waals surface area contributed by atoms with Crippen molar-refractivity contribution < 1.29 is 14.4 Å². The second-order valence-electron chi connectivity index (χ2n) is 7.41. The molecule has 6 heteroatoms. The number of nitrogens with one attached hydrogen (secondary N) is 1. The first-order chi connectivity index (χ1) is 11.6. The fourth-order valence-electron chi connectivity index (χ4n) is 4.16. The van der Waals surface area contributed by atoms with Gasteiger partial charge < -0.3 is 15.1 Å². The van der Waals surface area contributed by atoms with Crippen LogP contribution in [0.4, 0.5) is 0 Å². The normalized spacial score (nSPS) is 25.7. The van der Waals surface area contributed by atoms with Gasteiger partial charge in [0.05, 0.1) is 0 Å². The highest BCUT2D eigenvalue weighted by molar-refractivity contribution is 5.91. The summed E-state index contributed by atoms with van der Waals surface area (Å²) in [6.45, 7) is 2.41. The van der Waals surface area contributed by atoms with Gasteiger partial charge in [-0.1, -0.05) is 32.1 Å². The Bertz CT molecular complexity index is 480. The molecule has 0 unspecified atom stereocenters. The summed E-state index contributed by atoms with van der Waals surface area (Å²) in [6, 6.07) is -0.356. The van der Waals surface area contributed by atoms with Gasteiger partial charge in [-0.3, -0.25) is 14.4 Å². The van der Waals surface area contributed by atoms with Crippen LogP contribution in [-0.4, -0.2) is 59.7 Å². The van der Waals surface area contributed by atoms with E-state index in [9.17, 15) is 14.4 Å². The summed E-state index contributed by atoms with van der Waals surface area (Å²) in [5, 5.41) is 2.73. The molecule has 1 aliphatic carbocycles. The molecule has 1 saturated carbocycles. The Labute approximate surface area is 143 Å². The molecular formula is C18H29N3O3. The van der Waals surface area contributed by atoms with Crippen molar-refractivity contribution in [1.82, 2.24) is 15.1 Å². The summed E-state index contributed by atoms with van der Waals surface area (Å²) in [7, 11) is 0. The Morgan fingerprint density at radius 1 is 0.958 bits per heavy atom. The molecule has 1 N–H and O–H groups in total. The van der Waals surface area contributed by atoms with Gasteiger partial charge in [0.1, 0.15) is 6.04 Å². The SMILES string of the molecule is O=C1CC[C@H](C(=O)N2CCN(C(=O)CCC3CCCCC3)CC2)N1. The van der Waals surface area contributed by atoms with E-state index in [1.807, 2.05) is 4.90 Å². The zero-order chi connectivity index (χ0) is 16.9. The van der Waals surface area contributed by atoms with Gasteiger partial charge in [0.25, 0.3) is 0 Å². The van der Waals surface area contributed by atoms with Crippen molar-refractivity contribution in [3.8, 4) is 0 Å². The molecule has 134 valence electrons. The Morgan fingerprint density at radius 3 is 2.25 bits per heavy atom. The highest BCUT2D eigenvalue weighted by atomic mass is 16.2. The topological polar surface area (TPSA) is 69.7 Å². The quantitative estimate of drug-likeness (QED) is 0.842. The van der Waals surface area contributed by atoms with E-state index in [1.54, 1.807) is 4.90 Å². The molecule has 0 aromatic carbocycles. The van der Waals surface area contributed by atoms with Gasteiger partial charge in [0.15, 0.2) is 0 Å². The molecule has 3 amide bonds. The third-order valence-corrected chi connectivity index (χ3v) is 5.73. The minimum atomic E-state index is -0.356. The predicted octanol–water partition coefficient (Wildman–Crippen LogP) is 1.30. The summed E-state index contributed by atoms with van der Waals surface area (Å²) in [6.07, 6.45) is 9.25. The third-order valence-electron chi connectivity index (χ3n) is 5.73. The maximum absolute atomic E-state index is 12.4. The average Bonchev–Trinajstić information content (AvgIpc) is 3.06. The third kappa shape index (κ3) is 4.28. The molecule has 3 aliphatic rings. The van der Waals surface area contributed by atoms with E-state index in [2.05, 4.69) is 5.32 Å². The van der Waals surface area contributed by atoms with Gasteiger partial charge in [-0.2, -0.15) is 0 Å². The van der Waals surface area contributed by atoms with E-state index >= 15 is 0 Å². The van der Waals surface area contributed by atoms with Crippen molar-refractivity contribution in [3.05, 3.63) is 0 Å². The Kier molecular flexibility index (Phi) is 5.74. The number of carbonyl (C=O) groups excluding carboxylic acids is 3. The second-order valence-corrected chi connectivity index (χ2v) is 7.41. The minimum absolute atomic E-state index is 0.00940. The van der Waals surface area contributed by atoms with Crippen molar-refractivity contribution in [2.24, 2.45) is 5.92 Å². The first-order valence-electron chi connectivity index (χ1n) is 9.49. The smallest absolute Gasteiger partial charge is 0.245 e. The minimum Gasteiger partial charge on any atom is -0.344 e. The van der Waals surface area contributed by atoms with Crippen LogP contribution in [0, 0.1) is 5.92 Å². The highest BCUT2D eigenvalue weighted by Crippen LogP contribution is 2.27. The Balaban J connectivity index is 1.38. The van der Waals surface area contributed by atoms with Crippen molar-refractivity contribution >= 4 is 17.7 Å². The first kappa shape index (κ1) is 17.2. The maximum Gasteiger partial charge on any atom is 0.245 e. The Morgan fingerprint density at radius 2 is 1.62 bits per heavy atom. The van der Waals surface area contributed by atoms with E-state index in [4.69, 9.17) is 0 Å². The first-order valence-corrected chi connectivity index (χ1v) is 9.49. The number of hydrogen-bond donors (Lipinski definition) is 1. The van der Waals surface area contributed by atoms with E-state index < -0.39 is 0 Å². The second kappa shape index (κ2) is 7.99. The molecule has 3 fully saturated rings. The molecule has 0 radical (unpaired) electrons. The van der Waals surface area contributed by atoms with Crippen LogP contribution in [0.2, 0.25) is 0 Å². The van der Waals surface area contributed by atoms with Crippen LogP contribution in [0.3, 0.4) is 0 Å². The number of piperazine rings is 1. The molecule has 1 atom stereocenters. The molecule has 24 heavy (non-hydrogen) atoms. The number of nitrogens with zero attached hydrogens (tertiary/aromatic N) is 2. The molecule has 0 aromatic rings. The average molecular weight is 335 g/mol. The van der Waals surface area contributed by atoms with Crippen LogP contribution >= 0.6 is 0 Å². The monoisotopic (exact) mass is 335 g/mol. The standard InChI is InChI=1S/C18H29N3O3/c22-16-8-7-15(19-16)18(24)21-12-10-20(11-13-21)17(23)9-6-14-4-2-1-3-5-14/h14-15H,1-13H2,(H,19,22)/t15-/m1/s1. The van der Waals surface area contributed by atoms with Crippen molar-refractivity contribution in [2.75, 3.05) is 26.2 Å². The van der Waals surface area contributed by atoms with Gasteiger partial charge >= 0.3 is 0 Å². The molecule has 2 saturated heterocycles. The van der Waals surface area contributed by atoms with E-state index in [0.29, 0.717) is 45.4 Å². The number of amides is 3. The highest BCUT2D eigenvalue weighted by Gasteiger charge is 2.33. The lowest BCUT2D eigenvalue weighted by Crippen LogP contribution is -2.54. The summed E-state index contributed by atoms with van der Waals surface area (Å²) in [4.78, 5) is 39.7. The van der Waals surface area contributed by atoms with Gasteiger partial charge in [-0.25, -0.2) is 0 Å². The zero-order valence-electron chi connectivity index (χ0n) is 14.5. The van der Waals surface area contributed by atoms with E-state index in [1.165, 1.54) is 32.1 Å². The number of rotatable bonds is 4. The number of hydrogen-bond acceptors (Lipinski definition) is 3. The fourth-order valence-corrected chi connectivity index (χ4v) is 4.16. The maximum atomic E-state index is 12.4. The lowest BCUT2D eigenvalue weighted by Gasteiger charge is -2.36. The number of carbonyl (C=O) groups is 3. The van der Waals surface area contributed by atoms with E-state index in [-0.39, 0.29) is 23.8 Å². The predicted molar refractivity (Wildman–Crippen MR) is 90.1 cm³/mol. The zero-order valence-corrected chi connectivity index (χ0v) is 14.5. The van der Waals surface area contributed by atoms with Crippen LogP contribution in [0.15, 0.2) is 0 Å².